The number of aryl methyl sites for hydroxylation is 1. The van der Waals surface area contributed by atoms with Crippen LogP contribution in [-0.4, -0.2) is 30.3 Å². The fourth-order valence-electron chi connectivity index (χ4n) is 2.12. The van der Waals surface area contributed by atoms with Crippen LogP contribution >= 0.6 is 0 Å². The van der Waals surface area contributed by atoms with Gasteiger partial charge in [-0.1, -0.05) is 25.5 Å². The smallest absolute Gasteiger partial charge is 0.289 e. The topological polar surface area (TPSA) is 62.6 Å². The Hall–Kier alpha value is -2.56. The quantitative estimate of drug-likeness (QED) is 0.892. The molecule has 1 aromatic heterocycles. The Bertz CT molecular complexity index is 618. The van der Waals surface area contributed by atoms with Gasteiger partial charge in [-0.3, -0.25) is 9.59 Å². The third kappa shape index (κ3) is 4.22. The van der Waals surface area contributed by atoms with Crippen molar-refractivity contribution in [2.75, 3.05) is 18.9 Å². The fourth-order valence-corrected chi connectivity index (χ4v) is 2.12. The number of amides is 2. The normalized spacial score (nSPS) is 10.3. The second kappa shape index (κ2) is 7.45. The van der Waals surface area contributed by atoms with E-state index in [1.165, 1.54) is 16.7 Å². The van der Waals surface area contributed by atoms with Gasteiger partial charge in [0.15, 0.2) is 5.76 Å². The first kappa shape index (κ1) is 15.8. The highest BCUT2D eigenvalue weighted by Crippen LogP contribution is 2.11. The van der Waals surface area contributed by atoms with Gasteiger partial charge >= 0.3 is 0 Å². The molecular formula is C17H20N2O3. The summed E-state index contributed by atoms with van der Waals surface area (Å²) in [7, 11) is 1.56. The van der Waals surface area contributed by atoms with Gasteiger partial charge in [-0.15, -0.1) is 0 Å². The van der Waals surface area contributed by atoms with Crippen LogP contribution in [0, 0.1) is 0 Å². The number of hydrogen-bond donors (Lipinski definition) is 1. The number of likely N-dealkylation sites (N-methyl/N-ethyl adjacent to an activating group) is 1. The summed E-state index contributed by atoms with van der Waals surface area (Å²) in [5, 5.41) is 2.78. The molecule has 0 aliphatic carbocycles. The maximum atomic E-state index is 12.0. The van der Waals surface area contributed by atoms with Crippen molar-refractivity contribution in [2.24, 2.45) is 0 Å². The molecule has 2 aromatic rings. The summed E-state index contributed by atoms with van der Waals surface area (Å²) in [5.41, 5.74) is 1.97. The van der Waals surface area contributed by atoms with E-state index < -0.39 is 0 Å². The summed E-state index contributed by atoms with van der Waals surface area (Å²) in [4.78, 5) is 25.3. The molecule has 0 unspecified atom stereocenters. The average Bonchev–Trinajstić information content (AvgIpc) is 3.03. The SMILES string of the molecule is CCCc1ccc(NC(=O)CN(C)C(=O)c2ccco2)cc1. The number of hydrogen-bond acceptors (Lipinski definition) is 3. The van der Waals surface area contributed by atoms with Crippen LogP contribution in [0.2, 0.25) is 0 Å². The number of rotatable bonds is 6. The van der Waals surface area contributed by atoms with Crippen molar-refractivity contribution < 1.29 is 14.0 Å². The van der Waals surface area contributed by atoms with Crippen LogP contribution in [0.4, 0.5) is 5.69 Å². The Labute approximate surface area is 129 Å². The highest BCUT2D eigenvalue weighted by atomic mass is 16.3. The molecule has 1 aromatic carbocycles. The van der Waals surface area contributed by atoms with Gasteiger partial charge in [0.2, 0.25) is 5.91 Å². The van der Waals surface area contributed by atoms with Gasteiger partial charge in [0, 0.05) is 12.7 Å². The van der Waals surface area contributed by atoms with Crippen LogP contribution < -0.4 is 5.32 Å². The van der Waals surface area contributed by atoms with Gasteiger partial charge in [-0.2, -0.15) is 0 Å². The fraction of sp³-hybridized carbons (Fsp3) is 0.294. The lowest BCUT2D eigenvalue weighted by Crippen LogP contribution is -2.34. The van der Waals surface area contributed by atoms with E-state index in [9.17, 15) is 9.59 Å². The van der Waals surface area contributed by atoms with Gasteiger partial charge in [0.05, 0.1) is 12.8 Å². The molecule has 5 heteroatoms. The molecule has 0 aliphatic rings. The van der Waals surface area contributed by atoms with Crippen molar-refractivity contribution in [2.45, 2.75) is 19.8 Å². The van der Waals surface area contributed by atoms with Crippen molar-refractivity contribution in [3.8, 4) is 0 Å². The van der Waals surface area contributed by atoms with Gasteiger partial charge < -0.3 is 14.6 Å². The van der Waals surface area contributed by atoms with E-state index in [0.29, 0.717) is 0 Å². The lowest BCUT2D eigenvalue weighted by Gasteiger charge is -2.15. The molecule has 0 bridgehead atoms. The minimum Gasteiger partial charge on any atom is -0.459 e. The molecule has 2 amide bonds. The van der Waals surface area contributed by atoms with Crippen molar-refractivity contribution in [1.29, 1.82) is 0 Å². The van der Waals surface area contributed by atoms with Crippen molar-refractivity contribution in [1.82, 2.24) is 4.90 Å². The van der Waals surface area contributed by atoms with Crippen LogP contribution in [-0.2, 0) is 11.2 Å². The molecular weight excluding hydrogens is 280 g/mol. The lowest BCUT2D eigenvalue weighted by molar-refractivity contribution is -0.116. The van der Waals surface area contributed by atoms with E-state index in [1.54, 1.807) is 19.2 Å². The number of carbonyl (C=O) groups is 2. The molecule has 0 radical (unpaired) electrons. The lowest BCUT2D eigenvalue weighted by atomic mass is 10.1. The maximum Gasteiger partial charge on any atom is 0.289 e. The number of carbonyl (C=O) groups excluding carboxylic acids is 2. The number of furan rings is 1. The van der Waals surface area contributed by atoms with E-state index in [4.69, 9.17) is 4.42 Å². The van der Waals surface area contributed by atoms with Crippen LogP contribution in [0.3, 0.4) is 0 Å². The molecule has 1 heterocycles. The Morgan fingerprint density at radius 3 is 2.50 bits per heavy atom. The molecule has 0 saturated carbocycles. The number of nitrogens with one attached hydrogen (secondary N) is 1. The molecule has 0 fully saturated rings. The van der Waals surface area contributed by atoms with E-state index in [-0.39, 0.29) is 24.1 Å². The second-order valence-electron chi connectivity index (χ2n) is 5.13. The second-order valence-corrected chi connectivity index (χ2v) is 5.13. The summed E-state index contributed by atoms with van der Waals surface area (Å²) >= 11 is 0. The monoisotopic (exact) mass is 300 g/mol. The largest absolute Gasteiger partial charge is 0.459 e. The summed E-state index contributed by atoms with van der Waals surface area (Å²) in [6.45, 7) is 2.10. The Morgan fingerprint density at radius 2 is 1.91 bits per heavy atom. The summed E-state index contributed by atoms with van der Waals surface area (Å²) in [5.74, 6) is -0.344. The Kier molecular flexibility index (Phi) is 5.36. The van der Waals surface area contributed by atoms with E-state index in [0.717, 1.165) is 18.5 Å². The van der Waals surface area contributed by atoms with Crippen LogP contribution in [0.25, 0.3) is 0 Å². The maximum absolute atomic E-state index is 12.0. The zero-order valence-electron chi connectivity index (χ0n) is 12.8. The molecule has 2 rings (SSSR count). The van der Waals surface area contributed by atoms with Crippen LogP contribution in [0.5, 0.6) is 0 Å². The third-order valence-electron chi connectivity index (χ3n) is 3.24. The Morgan fingerprint density at radius 1 is 1.18 bits per heavy atom. The van der Waals surface area contributed by atoms with Gasteiger partial charge in [0.25, 0.3) is 5.91 Å². The van der Waals surface area contributed by atoms with Gasteiger partial charge in [-0.05, 0) is 36.2 Å². The highest BCUT2D eigenvalue weighted by Gasteiger charge is 2.17. The molecule has 0 aliphatic heterocycles. The first-order chi connectivity index (χ1) is 10.6. The van der Waals surface area contributed by atoms with E-state index in [1.807, 2.05) is 24.3 Å². The predicted octanol–water partition coefficient (Wildman–Crippen LogP) is 2.94. The zero-order chi connectivity index (χ0) is 15.9. The third-order valence-corrected chi connectivity index (χ3v) is 3.24. The van der Waals surface area contributed by atoms with Crippen molar-refractivity contribution >= 4 is 17.5 Å². The first-order valence-electron chi connectivity index (χ1n) is 7.28. The average molecular weight is 300 g/mol. The molecule has 0 saturated heterocycles. The molecule has 0 spiro atoms. The summed E-state index contributed by atoms with van der Waals surface area (Å²) in [6, 6.07) is 10.9. The molecule has 5 nitrogen and oxygen atoms in total. The summed E-state index contributed by atoms with van der Waals surface area (Å²) < 4.78 is 5.03. The van der Waals surface area contributed by atoms with Crippen molar-refractivity contribution in [3.63, 3.8) is 0 Å². The van der Waals surface area contributed by atoms with E-state index >= 15 is 0 Å². The highest BCUT2D eigenvalue weighted by molar-refractivity contribution is 5.97. The first-order valence-corrected chi connectivity index (χ1v) is 7.28. The number of nitrogens with zero attached hydrogens (tertiary/aromatic N) is 1. The number of benzene rings is 1. The van der Waals surface area contributed by atoms with Crippen LogP contribution in [0.15, 0.2) is 47.1 Å². The zero-order valence-corrected chi connectivity index (χ0v) is 12.8. The molecule has 1 N–H and O–H groups in total. The van der Waals surface area contributed by atoms with Crippen molar-refractivity contribution in [3.05, 3.63) is 54.0 Å². The van der Waals surface area contributed by atoms with Gasteiger partial charge in [-0.25, -0.2) is 0 Å². The standard InChI is InChI=1S/C17H20N2O3/c1-3-5-13-7-9-14(10-8-13)18-16(20)12-19(2)17(21)15-6-4-11-22-15/h4,6-11H,3,5,12H2,1-2H3,(H,18,20). The van der Waals surface area contributed by atoms with Gasteiger partial charge in [0.1, 0.15) is 0 Å². The molecule has 0 atom stereocenters. The molecule has 22 heavy (non-hydrogen) atoms. The van der Waals surface area contributed by atoms with E-state index in [2.05, 4.69) is 12.2 Å². The summed E-state index contributed by atoms with van der Waals surface area (Å²) in [6.07, 6.45) is 3.54. The van der Waals surface area contributed by atoms with Crippen LogP contribution in [0.1, 0.15) is 29.5 Å². The predicted molar refractivity (Wildman–Crippen MR) is 84.7 cm³/mol. The number of anilines is 1. The Balaban J connectivity index is 1.88. The molecule has 116 valence electrons. The minimum absolute atomic E-state index is 0.0315. The minimum atomic E-state index is -0.321.